The van der Waals surface area contributed by atoms with Crippen LogP contribution >= 0.6 is 11.6 Å². The van der Waals surface area contributed by atoms with Crippen LogP contribution in [-0.4, -0.2) is 32.2 Å². The number of halogens is 4. The van der Waals surface area contributed by atoms with Crippen molar-refractivity contribution in [1.29, 1.82) is 0 Å². The van der Waals surface area contributed by atoms with Crippen LogP contribution in [0.1, 0.15) is 18.2 Å². The van der Waals surface area contributed by atoms with Gasteiger partial charge in [-0.25, -0.2) is 4.98 Å². The molecule has 2 heterocycles. The first-order chi connectivity index (χ1) is 9.93. The summed E-state index contributed by atoms with van der Waals surface area (Å²) in [6.07, 6.45) is -1.33. The molecule has 10 heteroatoms. The summed E-state index contributed by atoms with van der Waals surface area (Å²) in [6.45, 7) is 1.96. The molecule has 0 N–H and O–H groups in total. The summed E-state index contributed by atoms with van der Waals surface area (Å²) >= 11 is 5.87. The van der Waals surface area contributed by atoms with Gasteiger partial charge in [0.2, 0.25) is 5.84 Å². The Morgan fingerprint density at radius 1 is 1.48 bits per heavy atom. The average molecular weight is 320 g/mol. The van der Waals surface area contributed by atoms with Crippen LogP contribution in [0.15, 0.2) is 30.1 Å². The Morgan fingerprint density at radius 2 is 2.24 bits per heavy atom. The van der Waals surface area contributed by atoms with Crippen molar-refractivity contribution in [3.8, 4) is 0 Å². The predicted molar refractivity (Wildman–Crippen MR) is 67.8 cm³/mol. The van der Waals surface area contributed by atoms with Gasteiger partial charge < -0.3 is 4.84 Å². The van der Waals surface area contributed by atoms with Crippen molar-refractivity contribution < 1.29 is 18.0 Å². The van der Waals surface area contributed by atoms with E-state index in [1.54, 1.807) is 6.92 Å². The molecule has 0 saturated heterocycles. The Kier molecular flexibility index (Phi) is 4.41. The molecule has 21 heavy (non-hydrogen) atoms. The summed E-state index contributed by atoms with van der Waals surface area (Å²) in [7, 11) is 0. The van der Waals surface area contributed by atoms with Gasteiger partial charge in [0.1, 0.15) is 25.0 Å². The van der Waals surface area contributed by atoms with Gasteiger partial charge in [-0.2, -0.15) is 23.0 Å². The van der Waals surface area contributed by atoms with E-state index in [1.165, 1.54) is 17.3 Å². The van der Waals surface area contributed by atoms with Crippen LogP contribution in [0.3, 0.4) is 0 Å². The molecular weight excluding hydrogens is 311 g/mol. The van der Waals surface area contributed by atoms with Crippen LogP contribution in [0, 0.1) is 0 Å². The Bertz CT molecular complexity index is 642. The van der Waals surface area contributed by atoms with Crippen LogP contribution in [0.4, 0.5) is 13.2 Å². The summed E-state index contributed by atoms with van der Waals surface area (Å²) in [5.41, 5.74) is -0.950. The monoisotopic (exact) mass is 319 g/mol. The van der Waals surface area contributed by atoms with E-state index in [4.69, 9.17) is 16.4 Å². The van der Waals surface area contributed by atoms with Crippen LogP contribution in [0.2, 0.25) is 5.02 Å². The zero-order valence-electron chi connectivity index (χ0n) is 10.7. The lowest BCUT2D eigenvalue weighted by Gasteiger charge is -2.10. The molecule has 112 valence electrons. The third-order valence-corrected chi connectivity index (χ3v) is 2.58. The molecule has 0 saturated carbocycles. The molecule has 0 spiro atoms. The lowest BCUT2D eigenvalue weighted by Crippen LogP contribution is -2.18. The fourth-order valence-electron chi connectivity index (χ4n) is 1.39. The largest absolute Gasteiger partial charge is 0.417 e. The van der Waals surface area contributed by atoms with Crippen molar-refractivity contribution in [2.45, 2.75) is 13.1 Å². The van der Waals surface area contributed by atoms with Crippen molar-refractivity contribution in [2.75, 3.05) is 6.61 Å². The standard InChI is InChI=1S/C11H9ClF3N5O/c1-2-21-19-10(20-6-16-5-18-20)9-8(12)3-7(4-17-9)11(13,14)15/h3-6H,2H2,1H3/b19-10+. The normalized spacial score (nSPS) is 12.5. The second-order valence-electron chi connectivity index (χ2n) is 3.72. The van der Waals surface area contributed by atoms with Gasteiger partial charge in [-0.15, -0.1) is 0 Å². The number of hydrogen-bond donors (Lipinski definition) is 0. The van der Waals surface area contributed by atoms with E-state index in [-0.39, 0.29) is 23.2 Å². The van der Waals surface area contributed by atoms with Crippen LogP contribution in [0.5, 0.6) is 0 Å². The van der Waals surface area contributed by atoms with Crippen LogP contribution in [-0.2, 0) is 11.0 Å². The van der Waals surface area contributed by atoms with Crippen molar-refractivity contribution in [2.24, 2.45) is 5.16 Å². The molecule has 0 atom stereocenters. The molecule has 0 aliphatic rings. The Morgan fingerprint density at radius 3 is 2.76 bits per heavy atom. The van der Waals surface area contributed by atoms with Crippen molar-refractivity contribution in [3.63, 3.8) is 0 Å². The molecular formula is C11H9ClF3N5O. The van der Waals surface area contributed by atoms with Gasteiger partial charge in [-0.3, -0.25) is 4.98 Å². The third-order valence-electron chi connectivity index (χ3n) is 2.30. The minimum atomic E-state index is -4.53. The highest BCUT2D eigenvalue weighted by Crippen LogP contribution is 2.31. The van der Waals surface area contributed by atoms with E-state index in [0.29, 0.717) is 6.20 Å². The van der Waals surface area contributed by atoms with E-state index >= 15 is 0 Å². The van der Waals surface area contributed by atoms with Gasteiger partial charge in [0.15, 0.2) is 0 Å². The molecule has 0 aliphatic carbocycles. The molecule has 0 unspecified atom stereocenters. The lowest BCUT2D eigenvalue weighted by molar-refractivity contribution is -0.137. The zero-order valence-corrected chi connectivity index (χ0v) is 11.4. The summed E-state index contributed by atoms with van der Waals surface area (Å²) in [4.78, 5) is 12.3. The SMILES string of the molecule is CCO/N=C(\c1ncc(C(F)(F)F)cc1Cl)n1cncn1. The van der Waals surface area contributed by atoms with E-state index in [1.807, 2.05) is 0 Å². The molecule has 6 nitrogen and oxygen atoms in total. The smallest absolute Gasteiger partial charge is 0.394 e. The minimum Gasteiger partial charge on any atom is -0.394 e. The van der Waals surface area contributed by atoms with Gasteiger partial charge in [-0.1, -0.05) is 16.8 Å². The van der Waals surface area contributed by atoms with Crippen molar-refractivity contribution in [1.82, 2.24) is 19.7 Å². The fourth-order valence-corrected chi connectivity index (χ4v) is 1.65. The number of oxime groups is 1. The summed E-state index contributed by atoms with van der Waals surface area (Å²) in [5.74, 6) is 0.0353. The summed E-state index contributed by atoms with van der Waals surface area (Å²) < 4.78 is 39.0. The maximum absolute atomic E-state index is 12.6. The molecule has 0 aliphatic heterocycles. The molecule has 2 aromatic heterocycles. The summed E-state index contributed by atoms with van der Waals surface area (Å²) in [5, 5.41) is 7.37. The first kappa shape index (κ1) is 15.2. The zero-order chi connectivity index (χ0) is 15.5. The highest BCUT2D eigenvalue weighted by atomic mass is 35.5. The van der Waals surface area contributed by atoms with Crippen molar-refractivity contribution >= 4 is 17.4 Å². The van der Waals surface area contributed by atoms with Gasteiger partial charge in [0.05, 0.1) is 10.6 Å². The highest BCUT2D eigenvalue weighted by Gasteiger charge is 2.32. The molecule has 0 fully saturated rings. The predicted octanol–water partition coefficient (Wildman–Crippen LogP) is 2.59. The Balaban J connectivity index is 2.47. The number of aromatic nitrogens is 4. The number of pyridine rings is 1. The van der Waals surface area contributed by atoms with E-state index in [2.05, 4.69) is 20.2 Å². The van der Waals surface area contributed by atoms with E-state index in [0.717, 1.165) is 6.07 Å². The first-order valence-electron chi connectivity index (χ1n) is 5.71. The number of hydrogen-bond acceptors (Lipinski definition) is 5. The molecule has 0 amide bonds. The third kappa shape index (κ3) is 3.48. The number of alkyl halides is 3. The molecule has 0 radical (unpaired) electrons. The van der Waals surface area contributed by atoms with Crippen LogP contribution in [0.25, 0.3) is 0 Å². The van der Waals surface area contributed by atoms with Crippen LogP contribution < -0.4 is 0 Å². The van der Waals surface area contributed by atoms with E-state index < -0.39 is 11.7 Å². The second-order valence-corrected chi connectivity index (χ2v) is 4.13. The Labute approximate surface area is 122 Å². The molecule has 2 aromatic rings. The summed E-state index contributed by atoms with van der Waals surface area (Å²) in [6, 6.07) is 0.766. The van der Waals surface area contributed by atoms with Gasteiger partial charge in [-0.05, 0) is 13.0 Å². The number of nitrogens with zero attached hydrogens (tertiary/aromatic N) is 5. The maximum atomic E-state index is 12.6. The number of rotatable bonds is 3. The Hall–Kier alpha value is -2.16. The van der Waals surface area contributed by atoms with Crippen molar-refractivity contribution in [3.05, 3.63) is 41.2 Å². The maximum Gasteiger partial charge on any atom is 0.417 e. The second kappa shape index (κ2) is 6.08. The highest BCUT2D eigenvalue weighted by molar-refractivity contribution is 6.33. The van der Waals surface area contributed by atoms with Gasteiger partial charge in [0.25, 0.3) is 0 Å². The topological polar surface area (TPSA) is 65.2 Å². The van der Waals surface area contributed by atoms with Gasteiger partial charge >= 0.3 is 6.18 Å². The molecule has 0 bridgehead atoms. The first-order valence-corrected chi connectivity index (χ1v) is 6.09. The minimum absolute atomic E-state index is 0.00335. The lowest BCUT2D eigenvalue weighted by atomic mass is 10.2. The molecule has 2 rings (SSSR count). The van der Waals surface area contributed by atoms with E-state index in [9.17, 15) is 13.2 Å². The average Bonchev–Trinajstić information content (AvgIpc) is 2.93. The molecule has 0 aromatic carbocycles. The quantitative estimate of drug-likeness (QED) is 0.495. The fraction of sp³-hybridized carbons (Fsp3) is 0.273. The van der Waals surface area contributed by atoms with Gasteiger partial charge in [0, 0.05) is 6.20 Å².